The number of carbonyl (C=O) groups excluding carboxylic acids is 3. The van der Waals surface area contributed by atoms with Gasteiger partial charge in [-0.3, -0.25) is 14.5 Å². The van der Waals surface area contributed by atoms with Crippen molar-refractivity contribution in [3.63, 3.8) is 0 Å². The van der Waals surface area contributed by atoms with Gasteiger partial charge in [-0.2, -0.15) is 0 Å². The number of hydrogen-bond donors (Lipinski definition) is 2. The standard InChI is InChI=1S/C23H35N3O3/c1-14-5-3-4-6-23(14)20(28)26(21(29)25-23)13-19(27)24-15(2)22-10-16-7-17(11-22)9-18(8-16)12-22/h14-18H,3-13H2,1-2H3,(H,24,27)(H,25,29). The molecule has 0 radical (unpaired) electrons. The monoisotopic (exact) mass is 401 g/mol. The van der Waals surface area contributed by atoms with Crippen molar-refractivity contribution in [2.24, 2.45) is 29.1 Å². The first-order valence-corrected chi connectivity index (χ1v) is 11.7. The second-order valence-corrected chi connectivity index (χ2v) is 11.0. The van der Waals surface area contributed by atoms with Crippen LogP contribution in [0.25, 0.3) is 0 Å². The van der Waals surface area contributed by atoms with Gasteiger partial charge in [0.05, 0.1) is 0 Å². The third-order valence-corrected chi connectivity index (χ3v) is 9.18. The molecule has 6 nitrogen and oxygen atoms in total. The Morgan fingerprint density at radius 3 is 2.34 bits per heavy atom. The van der Waals surface area contributed by atoms with Gasteiger partial charge in [0.1, 0.15) is 12.1 Å². The summed E-state index contributed by atoms with van der Waals surface area (Å²) in [5.41, 5.74) is -0.568. The summed E-state index contributed by atoms with van der Waals surface area (Å²) in [6.45, 7) is 4.02. The lowest BCUT2D eigenvalue weighted by Crippen LogP contribution is -2.57. The third kappa shape index (κ3) is 3.00. The van der Waals surface area contributed by atoms with Gasteiger partial charge < -0.3 is 10.6 Å². The van der Waals surface area contributed by atoms with Crippen LogP contribution in [0.4, 0.5) is 4.79 Å². The van der Waals surface area contributed by atoms with Gasteiger partial charge in [0.25, 0.3) is 5.91 Å². The van der Waals surface area contributed by atoms with Crippen LogP contribution in [0.15, 0.2) is 0 Å². The molecule has 29 heavy (non-hydrogen) atoms. The average Bonchev–Trinajstić information content (AvgIpc) is 2.88. The van der Waals surface area contributed by atoms with Gasteiger partial charge in [-0.05, 0) is 87.4 Å². The van der Waals surface area contributed by atoms with Gasteiger partial charge in [-0.1, -0.05) is 19.8 Å². The Morgan fingerprint density at radius 1 is 1.14 bits per heavy atom. The molecule has 3 unspecified atom stereocenters. The van der Waals surface area contributed by atoms with Crippen LogP contribution in [-0.2, 0) is 9.59 Å². The van der Waals surface area contributed by atoms with Crippen molar-refractivity contribution in [3.05, 3.63) is 0 Å². The van der Waals surface area contributed by atoms with E-state index in [1.165, 1.54) is 38.5 Å². The van der Waals surface area contributed by atoms with Crippen LogP contribution in [0.5, 0.6) is 0 Å². The van der Waals surface area contributed by atoms with Gasteiger partial charge in [0.2, 0.25) is 5.91 Å². The number of urea groups is 1. The Morgan fingerprint density at radius 2 is 1.76 bits per heavy atom. The normalized spacial score (nSPS) is 44.3. The summed E-state index contributed by atoms with van der Waals surface area (Å²) < 4.78 is 0. The number of rotatable bonds is 4. The zero-order valence-electron chi connectivity index (χ0n) is 17.8. The summed E-state index contributed by atoms with van der Waals surface area (Å²) >= 11 is 0. The van der Waals surface area contributed by atoms with E-state index in [9.17, 15) is 14.4 Å². The van der Waals surface area contributed by atoms with E-state index in [0.717, 1.165) is 41.9 Å². The second kappa shape index (κ2) is 6.71. The Kier molecular flexibility index (Phi) is 4.48. The summed E-state index contributed by atoms with van der Waals surface area (Å²) in [5.74, 6) is 2.22. The van der Waals surface area contributed by atoms with E-state index in [2.05, 4.69) is 17.6 Å². The maximum atomic E-state index is 13.1. The molecule has 6 fully saturated rings. The quantitative estimate of drug-likeness (QED) is 0.710. The molecule has 5 aliphatic carbocycles. The SMILES string of the molecule is CC(NC(=O)CN1C(=O)NC2(CCCCC2C)C1=O)C12CC3CC(CC(C3)C1)C2. The Labute approximate surface area is 173 Å². The molecular weight excluding hydrogens is 366 g/mol. The molecule has 3 atom stereocenters. The molecule has 160 valence electrons. The van der Waals surface area contributed by atoms with Gasteiger partial charge in [-0.15, -0.1) is 0 Å². The van der Waals surface area contributed by atoms with E-state index < -0.39 is 11.6 Å². The van der Waals surface area contributed by atoms with Crippen molar-refractivity contribution in [1.29, 1.82) is 0 Å². The lowest BCUT2D eigenvalue weighted by atomic mass is 9.48. The lowest BCUT2D eigenvalue weighted by molar-refractivity contribution is -0.138. The minimum Gasteiger partial charge on any atom is -0.352 e. The van der Waals surface area contributed by atoms with Crippen molar-refractivity contribution in [2.75, 3.05) is 6.54 Å². The fourth-order valence-corrected chi connectivity index (χ4v) is 7.93. The zero-order valence-corrected chi connectivity index (χ0v) is 17.8. The summed E-state index contributed by atoms with van der Waals surface area (Å²) in [7, 11) is 0. The van der Waals surface area contributed by atoms with Gasteiger partial charge >= 0.3 is 6.03 Å². The first kappa shape index (κ1) is 19.4. The fourth-order valence-electron chi connectivity index (χ4n) is 7.93. The van der Waals surface area contributed by atoms with Crippen molar-refractivity contribution in [2.45, 2.75) is 89.6 Å². The van der Waals surface area contributed by atoms with E-state index in [1.54, 1.807) is 0 Å². The van der Waals surface area contributed by atoms with Crippen molar-refractivity contribution >= 4 is 17.8 Å². The number of imide groups is 1. The largest absolute Gasteiger partial charge is 0.352 e. The molecule has 2 N–H and O–H groups in total. The molecule has 4 amide bonds. The number of amides is 4. The Hall–Kier alpha value is -1.59. The highest BCUT2D eigenvalue weighted by atomic mass is 16.2. The van der Waals surface area contributed by atoms with Crippen LogP contribution >= 0.6 is 0 Å². The molecule has 6 aliphatic rings. The van der Waals surface area contributed by atoms with Crippen LogP contribution in [0.1, 0.15) is 78.1 Å². The first-order valence-electron chi connectivity index (χ1n) is 11.7. The van der Waals surface area contributed by atoms with Crippen molar-refractivity contribution in [1.82, 2.24) is 15.5 Å². The molecule has 5 saturated carbocycles. The third-order valence-electron chi connectivity index (χ3n) is 9.18. The molecule has 1 spiro atoms. The van der Waals surface area contributed by atoms with Crippen LogP contribution < -0.4 is 10.6 Å². The molecule has 1 saturated heterocycles. The minimum absolute atomic E-state index is 0.103. The van der Waals surface area contributed by atoms with Crippen LogP contribution in [0.2, 0.25) is 0 Å². The van der Waals surface area contributed by atoms with E-state index >= 15 is 0 Å². The highest BCUT2D eigenvalue weighted by molar-refractivity contribution is 6.09. The van der Waals surface area contributed by atoms with Crippen molar-refractivity contribution < 1.29 is 14.4 Å². The van der Waals surface area contributed by atoms with Crippen molar-refractivity contribution in [3.8, 4) is 0 Å². The summed E-state index contributed by atoms with van der Waals surface area (Å²) in [6, 6.07) is -0.298. The number of hydrogen-bond acceptors (Lipinski definition) is 3. The molecule has 4 bridgehead atoms. The first-order chi connectivity index (χ1) is 13.8. The number of nitrogens with zero attached hydrogens (tertiary/aromatic N) is 1. The average molecular weight is 402 g/mol. The van der Waals surface area contributed by atoms with Gasteiger partial charge in [0.15, 0.2) is 0 Å². The smallest absolute Gasteiger partial charge is 0.325 e. The summed E-state index contributed by atoms with van der Waals surface area (Å²) in [4.78, 5) is 39.7. The molecule has 1 heterocycles. The fraction of sp³-hybridized carbons (Fsp3) is 0.870. The van der Waals surface area contributed by atoms with E-state index in [0.29, 0.717) is 6.42 Å². The molecule has 1 aliphatic heterocycles. The van der Waals surface area contributed by atoms with Crippen LogP contribution in [-0.4, -0.2) is 40.9 Å². The predicted molar refractivity (Wildman–Crippen MR) is 109 cm³/mol. The topological polar surface area (TPSA) is 78.5 Å². The van der Waals surface area contributed by atoms with Gasteiger partial charge in [0, 0.05) is 6.04 Å². The molecule has 0 aromatic carbocycles. The number of carbonyl (C=O) groups is 3. The zero-order chi connectivity index (χ0) is 20.4. The maximum absolute atomic E-state index is 13.1. The highest BCUT2D eigenvalue weighted by Crippen LogP contribution is 2.61. The van der Waals surface area contributed by atoms with Gasteiger partial charge in [-0.25, -0.2) is 4.79 Å². The van der Waals surface area contributed by atoms with E-state index in [1.807, 2.05) is 6.92 Å². The highest BCUT2D eigenvalue weighted by Gasteiger charge is 2.56. The molecule has 6 rings (SSSR count). The Bertz CT molecular complexity index is 700. The van der Waals surface area contributed by atoms with E-state index in [4.69, 9.17) is 0 Å². The molecular formula is C23H35N3O3. The van der Waals surface area contributed by atoms with Crippen LogP contribution in [0.3, 0.4) is 0 Å². The molecule has 0 aromatic rings. The summed E-state index contributed by atoms with van der Waals surface area (Å²) in [5, 5.41) is 6.14. The van der Waals surface area contributed by atoms with E-state index in [-0.39, 0.29) is 35.7 Å². The summed E-state index contributed by atoms with van der Waals surface area (Å²) in [6.07, 6.45) is 11.5. The molecule has 0 aromatic heterocycles. The maximum Gasteiger partial charge on any atom is 0.325 e. The minimum atomic E-state index is -0.791. The second-order valence-electron chi connectivity index (χ2n) is 11.0. The lowest BCUT2D eigenvalue weighted by Gasteiger charge is -2.59. The molecule has 6 heteroatoms. The predicted octanol–water partition coefficient (Wildman–Crippen LogP) is 3.21. The number of nitrogens with one attached hydrogen (secondary N) is 2. The Balaban J connectivity index is 1.24. The van der Waals surface area contributed by atoms with Crippen LogP contribution in [0, 0.1) is 29.1 Å².